The van der Waals surface area contributed by atoms with Crippen molar-refractivity contribution in [3.63, 3.8) is 0 Å². The SMILES string of the molecule is O=c1c2ccccc2c(-c2ccc(F)c(F)c2)nn1Cc1ccccc1F. The average Bonchev–Trinajstić information content (AvgIpc) is 2.68. The molecular weight excluding hydrogens is 353 g/mol. The van der Waals surface area contributed by atoms with Crippen LogP contribution in [0.1, 0.15) is 5.56 Å². The lowest BCUT2D eigenvalue weighted by atomic mass is 10.0. The number of aromatic nitrogens is 2. The van der Waals surface area contributed by atoms with Crippen LogP contribution in [-0.4, -0.2) is 9.78 Å². The Kier molecular flexibility index (Phi) is 4.24. The molecular formula is C21H13F3N2O. The Morgan fingerprint density at radius 1 is 0.778 bits per heavy atom. The van der Waals surface area contributed by atoms with Crippen LogP contribution in [-0.2, 0) is 6.54 Å². The van der Waals surface area contributed by atoms with Crippen LogP contribution in [0.5, 0.6) is 0 Å². The summed E-state index contributed by atoms with van der Waals surface area (Å²) in [7, 11) is 0. The van der Waals surface area contributed by atoms with Gasteiger partial charge in [-0.1, -0.05) is 36.4 Å². The molecule has 0 radical (unpaired) electrons. The molecule has 0 N–H and O–H groups in total. The Morgan fingerprint density at radius 2 is 1.48 bits per heavy atom. The maximum atomic E-state index is 14.0. The van der Waals surface area contributed by atoms with Gasteiger partial charge in [0.25, 0.3) is 5.56 Å². The van der Waals surface area contributed by atoms with Gasteiger partial charge in [-0.15, -0.1) is 0 Å². The van der Waals surface area contributed by atoms with Crippen LogP contribution < -0.4 is 5.56 Å². The van der Waals surface area contributed by atoms with Crippen LogP contribution >= 0.6 is 0 Å². The number of halogens is 3. The van der Waals surface area contributed by atoms with Crippen LogP contribution in [0.3, 0.4) is 0 Å². The zero-order valence-electron chi connectivity index (χ0n) is 14.0. The topological polar surface area (TPSA) is 34.9 Å². The van der Waals surface area contributed by atoms with Gasteiger partial charge in [-0.2, -0.15) is 5.10 Å². The Hall–Kier alpha value is -3.41. The molecule has 0 aliphatic rings. The van der Waals surface area contributed by atoms with E-state index in [1.54, 1.807) is 42.5 Å². The Labute approximate surface area is 152 Å². The highest BCUT2D eigenvalue weighted by atomic mass is 19.2. The van der Waals surface area contributed by atoms with Gasteiger partial charge in [0, 0.05) is 16.5 Å². The first-order chi connectivity index (χ1) is 13.0. The maximum absolute atomic E-state index is 14.0. The van der Waals surface area contributed by atoms with Crippen molar-refractivity contribution in [3.8, 4) is 11.3 Å². The molecule has 0 amide bonds. The second-order valence-electron chi connectivity index (χ2n) is 6.08. The second-order valence-corrected chi connectivity index (χ2v) is 6.08. The fourth-order valence-corrected chi connectivity index (χ4v) is 2.99. The molecule has 0 atom stereocenters. The molecule has 134 valence electrons. The molecule has 0 spiro atoms. The monoisotopic (exact) mass is 366 g/mol. The first kappa shape index (κ1) is 17.0. The van der Waals surface area contributed by atoms with Gasteiger partial charge in [0.2, 0.25) is 0 Å². The van der Waals surface area contributed by atoms with Gasteiger partial charge in [-0.25, -0.2) is 17.9 Å². The van der Waals surface area contributed by atoms with Gasteiger partial charge in [0.1, 0.15) is 5.82 Å². The minimum atomic E-state index is -1.01. The van der Waals surface area contributed by atoms with Gasteiger partial charge in [-0.05, 0) is 30.3 Å². The summed E-state index contributed by atoms with van der Waals surface area (Å²) in [6, 6.07) is 16.3. The minimum Gasteiger partial charge on any atom is -0.267 e. The van der Waals surface area contributed by atoms with Crippen LogP contribution in [0.15, 0.2) is 71.5 Å². The number of benzene rings is 3. The van der Waals surface area contributed by atoms with Crippen molar-refractivity contribution in [2.45, 2.75) is 6.54 Å². The molecule has 6 heteroatoms. The summed E-state index contributed by atoms with van der Waals surface area (Å²) < 4.78 is 42.2. The molecule has 27 heavy (non-hydrogen) atoms. The highest BCUT2D eigenvalue weighted by Crippen LogP contribution is 2.26. The van der Waals surface area contributed by atoms with Crippen molar-refractivity contribution in [1.82, 2.24) is 9.78 Å². The Balaban J connectivity index is 1.96. The fourth-order valence-electron chi connectivity index (χ4n) is 2.99. The first-order valence-electron chi connectivity index (χ1n) is 8.23. The van der Waals surface area contributed by atoms with Gasteiger partial charge in [-0.3, -0.25) is 4.79 Å². The van der Waals surface area contributed by atoms with Crippen molar-refractivity contribution < 1.29 is 13.2 Å². The quantitative estimate of drug-likeness (QED) is 0.534. The van der Waals surface area contributed by atoms with E-state index in [9.17, 15) is 18.0 Å². The summed E-state index contributed by atoms with van der Waals surface area (Å²) in [4.78, 5) is 12.8. The van der Waals surface area contributed by atoms with Crippen molar-refractivity contribution >= 4 is 10.8 Å². The summed E-state index contributed by atoms with van der Waals surface area (Å²) in [6.45, 7) is -0.0764. The van der Waals surface area contributed by atoms with Crippen LogP contribution in [0.2, 0.25) is 0 Å². The van der Waals surface area contributed by atoms with Crippen LogP contribution in [0.25, 0.3) is 22.0 Å². The highest BCUT2D eigenvalue weighted by molar-refractivity contribution is 5.93. The molecule has 0 aliphatic heterocycles. The van der Waals surface area contributed by atoms with E-state index < -0.39 is 17.5 Å². The normalized spacial score (nSPS) is 11.1. The third-order valence-corrected chi connectivity index (χ3v) is 4.34. The average molecular weight is 366 g/mol. The summed E-state index contributed by atoms with van der Waals surface area (Å²) in [5.41, 5.74) is 0.562. The minimum absolute atomic E-state index is 0.0764. The van der Waals surface area contributed by atoms with E-state index in [1.165, 1.54) is 12.1 Å². The fraction of sp³-hybridized carbons (Fsp3) is 0.0476. The molecule has 0 saturated heterocycles. The summed E-state index contributed by atoms with van der Waals surface area (Å²) in [5, 5.41) is 5.20. The first-order valence-corrected chi connectivity index (χ1v) is 8.23. The zero-order chi connectivity index (χ0) is 19.0. The number of fused-ring (bicyclic) bond motifs is 1. The van der Waals surface area contributed by atoms with E-state index >= 15 is 0 Å². The number of rotatable bonds is 3. The van der Waals surface area contributed by atoms with Crippen molar-refractivity contribution in [1.29, 1.82) is 0 Å². The molecule has 0 saturated carbocycles. The standard InChI is InChI=1S/C21H13F3N2O/c22-17-8-4-1-5-14(17)12-26-21(27)16-7-3-2-6-15(16)20(25-26)13-9-10-18(23)19(24)11-13/h1-11H,12H2. The van der Waals surface area contributed by atoms with E-state index in [2.05, 4.69) is 5.10 Å². The summed E-state index contributed by atoms with van der Waals surface area (Å²) >= 11 is 0. The lowest BCUT2D eigenvalue weighted by Gasteiger charge is -2.12. The Bertz CT molecular complexity index is 1220. The van der Waals surface area contributed by atoms with E-state index in [0.29, 0.717) is 27.6 Å². The number of nitrogens with zero attached hydrogens (tertiary/aromatic N) is 2. The van der Waals surface area contributed by atoms with Gasteiger partial charge in [0.05, 0.1) is 17.6 Å². The van der Waals surface area contributed by atoms with Gasteiger partial charge < -0.3 is 0 Å². The molecule has 4 aromatic rings. The van der Waals surface area contributed by atoms with Crippen LogP contribution in [0, 0.1) is 17.5 Å². The van der Waals surface area contributed by atoms with Crippen molar-refractivity contribution in [2.75, 3.05) is 0 Å². The van der Waals surface area contributed by atoms with Crippen molar-refractivity contribution in [3.05, 3.63) is 100 Å². The van der Waals surface area contributed by atoms with Crippen molar-refractivity contribution in [2.24, 2.45) is 0 Å². The third kappa shape index (κ3) is 3.10. The lowest BCUT2D eigenvalue weighted by Crippen LogP contribution is -2.24. The molecule has 0 unspecified atom stereocenters. The second kappa shape index (κ2) is 6.72. The smallest absolute Gasteiger partial charge is 0.267 e. The molecule has 0 aliphatic carbocycles. The number of hydrogen-bond donors (Lipinski definition) is 0. The molecule has 1 heterocycles. The van der Waals surface area contributed by atoms with Crippen LogP contribution in [0.4, 0.5) is 13.2 Å². The molecule has 4 rings (SSSR count). The van der Waals surface area contributed by atoms with Gasteiger partial charge in [0.15, 0.2) is 11.6 Å². The number of hydrogen-bond acceptors (Lipinski definition) is 2. The third-order valence-electron chi connectivity index (χ3n) is 4.34. The maximum Gasteiger partial charge on any atom is 0.274 e. The zero-order valence-corrected chi connectivity index (χ0v) is 14.0. The van der Waals surface area contributed by atoms with E-state index in [-0.39, 0.29) is 12.1 Å². The summed E-state index contributed by atoms with van der Waals surface area (Å²) in [5.74, 6) is -2.43. The van der Waals surface area contributed by atoms with E-state index in [0.717, 1.165) is 16.8 Å². The Morgan fingerprint density at radius 3 is 2.22 bits per heavy atom. The van der Waals surface area contributed by atoms with Gasteiger partial charge >= 0.3 is 0 Å². The van der Waals surface area contributed by atoms with E-state index in [4.69, 9.17) is 0 Å². The summed E-state index contributed by atoms with van der Waals surface area (Å²) in [6.07, 6.45) is 0. The van der Waals surface area contributed by atoms with E-state index in [1.807, 2.05) is 0 Å². The highest BCUT2D eigenvalue weighted by Gasteiger charge is 2.15. The molecule has 3 aromatic carbocycles. The predicted octanol–water partition coefficient (Wildman–Crippen LogP) is 4.53. The molecule has 0 fully saturated rings. The predicted molar refractivity (Wildman–Crippen MR) is 96.9 cm³/mol. The molecule has 0 bridgehead atoms. The largest absolute Gasteiger partial charge is 0.274 e. The molecule has 1 aromatic heterocycles. The molecule has 3 nitrogen and oxygen atoms in total. The lowest BCUT2D eigenvalue weighted by molar-refractivity contribution is 0.509.